The third-order valence-electron chi connectivity index (χ3n) is 4.57. The van der Waals surface area contributed by atoms with E-state index in [9.17, 15) is 4.79 Å². The minimum atomic E-state index is -0.345. The monoisotopic (exact) mass is 377 g/mol. The number of thiazole rings is 1. The van der Waals surface area contributed by atoms with Gasteiger partial charge in [-0.05, 0) is 31.0 Å². The summed E-state index contributed by atoms with van der Waals surface area (Å²) in [5.74, 6) is 1.26. The second kappa shape index (κ2) is 9.00. The average molecular weight is 378 g/mol. The second-order valence-corrected chi connectivity index (χ2v) is 7.09. The lowest BCUT2D eigenvalue weighted by Crippen LogP contribution is -2.49. The van der Waals surface area contributed by atoms with Crippen LogP contribution in [0.15, 0.2) is 23.6 Å². The van der Waals surface area contributed by atoms with Crippen LogP contribution >= 0.6 is 11.3 Å². The predicted octanol–water partition coefficient (Wildman–Crippen LogP) is 3.00. The van der Waals surface area contributed by atoms with E-state index < -0.39 is 0 Å². The Kier molecular flexibility index (Phi) is 6.99. The van der Waals surface area contributed by atoms with Gasteiger partial charge >= 0.3 is 0 Å². The van der Waals surface area contributed by atoms with Crippen molar-refractivity contribution in [1.29, 1.82) is 0 Å². The maximum absolute atomic E-state index is 12.2. The normalized spacial score (nSPS) is 11.3. The van der Waals surface area contributed by atoms with E-state index in [-0.39, 0.29) is 17.9 Å². The highest BCUT2D eigenvalue weighted by atomic mass is 32.1. The molecule has 6 nitrogen and oxygen atoms in total. The fourth-order valence-corrected chi connectivity index (χ4v) is 3.31. The van der Waals surface area contributed by atoms with Crippen LogP contribution in [0.25, 0.3) is 10.6 Å². The predicted molar refractivity (Wildman–Crippen MR) is 105 cm³/mol. The Morgan fingerprint density at radius 1 is 1.23 bits per heavy atom. The lowest BCUT2D eigenvalue weighted by Gasteiger charge is -2.26. The topological polar surface area (TPSA) is 86.5 Å². The largest absolute Gasteiger partial charge is 0.493 e. The molecule has 0 aliphatic heterocycles. The molecule has 0 saturated carbocycles. The number of ether oxygens (including phenoxy) is 2. The summed E-state index contributed by atoms with van der Waals surface area (Å²) in [6.07, 6.45) is 1.89. The van der Waals surface area contributed by atoms with Crippen LogP contribution in [0.2, 0.25) is 0 Å². The molecular formula is C19H27N3O3S. The number of amides is 1. The molecule has 1 aromatic heterocycles. The fraction of sp³-hybridized carbons (Fsp3) is 0.474. The molecule has 2 aromatic rings. The van der Waals surface area contributed by atoms with Crippen LogP contribution in [0.3, 0.4) is 0 Å². The van der Waals surface area contributed by atoms with Crippen molar-refractivity contribution in [1.82, 2.24) is 10.3 Å². The van der Waals surface area contributed by atoms with Crippen LogP contribution in [0.1, 0.15) is 32.4 Å². The number of methoxy groups -OCH3 is 2. The van der Waals surface area contributed by atoms with E-state index in [2.05, 4.69) is 10.3 Å². The lowest BCUT2D eigenvalue weighted by molar-refractivity contribution is -0.120. The Morgan fingerprint density at radius 3 is 2.54 bits per heavy atom. The number of hydrogen-bond acceptors (Lipinski definition) is 6. The first kappa shape index (κ1) is 20.2. The summed E-state index contributed by atoms with van der Waals surface area (Å²) < 4.78 is 10.6. The van der Waals surface area contributed by atoms with Gasteiger partial charge < -0.3 is 20.5 Å². The molecule has 26 heavy (non-hydrogen) atoms. The number of carbonyl (C=O) groups is 1. The Balaban J connectivity index is 2.02. The number of benzene rings is 1. The third-order valence-corrected chi connectivity index (χ3v) is 5.51. The number of nitrogens with one attached hydrogen (secondary N) is 1. The van der Waals surface area contributed by atoms with E-state index >= 15 is 0 Å². The summed E-state index contributed by atoms with van der Waals surface area (Å²) in [6.45, 7) is 4.54. The van der Waals surface area contributed by atoms with Crippen molar-refractivity contribution >= 4 is 17.2 Å². The molecule has 0 saturated heterocycles. The smallest absolute Gasteiger partial charge is 0.226 e. The molecule has 1 heterocycles. The summed E-state index contributed by atoms with van der Waals surface area (Å²) >= 11 is 1.50. The minimum Gasteiger partial charge on any atom is -0.493 e. The highest BCUT2D eigenvalue weighted by Gasteiger charge is 2.21. The lowest BCUT2D eigenvalue weighted by atomic mass is 9.94. The molecule has 0 atom stereocenters. The molecule has 0 fully saturated rings. The van der Waals surface area contributed by atoms with Gasteiger partial charge in [0, 0.05) is 23.0 Å². The Labute approximate surface area is 158 Å². The first-order valence-electron chi connectivity index (χ1n) is 8.67. The van der Waals surface area contributed by atoms with Crippen LogP contribution in [0, 0.1) is 0 Å². The molecule has 0 spiro atoms. The number of carbonyl (C=O) groups excluding carboxylic acids is 1. The Hall–Kier alpha value is -2.12. The van der Waals surface area contributed by atoms with Gasteiger partial charge in [-0.15, -0.1) is 11.3 Å². The van der Waals surface area contributed by atoms with Gasteiger partial charge in [0.2, 0.25) is 5.91 Å². The van der Waals surface area contributed by atoms with Crippen LogP contribution in [-0.2, 0) is 11.2 Å². The van der Waals surface area contributed by atoms with Crippen molar-refractivity contribution in [2.24, 2.45) is 5.73 Å². The molecule has 0 bridgehead atoms. The van der Waals surface area contributed by atoms with E-state index in [4.69, 9.17) is 15.2 Å². The van der Waals surface area contributed by atoms with Gasteiger partial charge in [0.15, 0.2) is 11.5 Å². The zero-order chi connectivity index (χ0) is 19.2. The molecular weight excluding hydrogens is 350 g/mol. The van der Waals surface area contributed by atoms with Gasteiger partial charge in [-0.1, -0.05) is 13.8 Å². The number of aromatic nitrogens is 1. The van der Waals surface area contributed by atoms with Gasteiger partial charge in [0.05, 0.1) is 26.3 Å². The molecule has 0 unspecified atom stereocenters. The van der Waals surface area contributed by atoms with Crippen LogP contribution in [0.4, 0.5) is 0 Å². The van der Waals surface area contributed by atoms with E-state index in [1.165, 1.54) is 11.3 Å². The molecule has 1 aromatic carbocycles. The van der Waals surface area contributed by atoms with Crippen molar-refractivity contribution in [3.63, 3.8) is 0 Å². The molecule has 2 rings (SSSR count). The SMILES string of the molecule is CCC(N)(CC)CNC(=O)Cc1csc(-c2ccc(OC)c(OC)c2)n1. The second-order valence-electron chi connectivity index (χ2n) is 6.24. The molecule has 0 radical (unpaired) electrons. The van der Waals surface area contributed by atoms with Crippen molar-refractivity contribution in [3.05, 3.63) is 29.3 Å². The van der Waals surface area contributed by atoms with Gasteiger partial charge in [0.1, 0.15) is 5.01 Å². The van der Waals surface area contributed by atoms with Crippen molar-refractivity contribution in [3.8, 4) is 22.1 Å². The van der Waals surface area contributed by atoms with E-state index in [1.807, 2.05) is 37.4 Å². The maximum atomic E-state index is 12.2. The zero-order valence-corrected chi connectivity index (χ0v) is 16.6. The molecule has 0 aliphatic rings. The van der Waals surface area contributed by atoms with Crippen LogP contribution in [-0.4, -0.2) is 37.2 Å². The first-order chi connectivity index (χ1) is 12.4. The van der Waals surface area contributed by atoms with Gasteiger partial charge in [-0.25, -0.2) is 4.98 Å². The number of rotatable bonds is 9. The standard InChI is InChI=1S/C19H27N3O3S/c1-5-19(20,6-2)12-21-17(23)10-14-11-26-18(22-14)13-7-8-15(24-3)16(9-13)25-4/h7-9,11H,5-6,10,12,20H2,1-4H3,(H,21,23). The first-order valence-corrected chi connectivity index (χ1v) is 9.55. The van der Waals surface area contributed by atoms with E-state index in [0.717, 1.165) is 29.1 Å². The van der Waals surface area contributed by atoms with Crippen LogP contribution in [0.5, 0.6) is 11.5 Å². The summed E-state index contributed by atoms with van der Waals surface area (Å²) in [7, 11) is 3.20. The highest BCUT2D eigenvalue weighted by Crippen LogP contribution is 2.33. The van der Waals surface area contributed by atoms with E-state index in [0.29, 0.717) is 18.0 Å². The summed E-state index contributed by atoms with van der Waals surface area (Å²) in [4.78, 5) is 16.7. The van der Waals surface area contributed by atoms with Gasteiger partial charge in [-0.2, -0.15) is 0 Å². The summed E-state index contributed by atoms with van der Waals surface area (Å²) in [5, 5.41) is 5.66. The summed E-state index contributed by atoms with van der Waals surface area (Å²) in [6, 6.07) is 5.65. The van der Waals surface area contributed by atoms with Gasteiger partial charge in [-0.3, -0.25) is 4.79 Å². The number of nitrogens with two attached hydrogens (primary N) is 1. The Morgan fingerprint density at radius 2 is 1.92 bits per heavy atom. The fourth-order valence-electron chi connectivity index (χ4n) is 2.49. The van der Waals surface area contributed by atoms with Crippen LogP contribution < -0.4 is 20.5 Å². The van der Waals surface area contributed by atoms with Gasteiger partial charge in [0.25, 0.3) is 0 Å². The molecule has 142 valence electrons. The Bertz CT molecular complexity index is 741. The van der Waals surface area contributed by atoms with E-state index in [1.54, 1.807) is 14.2 Å². The average Bonchev–Trinajstić information content (AvgIpc) is 3.13. The van der Waals surface area contributed by atoms with Crippen molar-refractivity contribution in [2.75, 3.05) is 20.8 Å². The number of nitrogens with zero attached hydrogens (tertiary/aromatic N) is 1. The number of hydrogen-bond donors (Lipinski definition) is 2. The third kappa shape index (κ3) is 4.95. The highest BCUT2D eigenvalue weighted by molar-refractivity contribution is 7.13. The van der Waals surface area contributed by atoms with Crippen molar-refractivity contribution in [2.45, 2.75) is 38.6 Å². The maximum Gasteiger partial charge on any atom is 0.226 e. The zero-order valence-electron chi connectivity index (χ0n) is 15.8. The molecule has 7 heteroatoms. The quantitative estimate of drug-likeness (QED) is 0.701. The molecule has 1 amide bonds. The van der Waals surface area contributed by atoms with Crippen molar-refractivity contribution < 1.29 is 14.3 Å². The molecule has 0 aliphatic carbocycles. The molecule has 3 N–H and O–H groups in total. The summed E-state index contributed by atoms with van der Waals surface area (Å²) in [5.41, 5.74) is 7.55. The minimum absolute atomic E-state index is 0.0640.